The molecule has 0 bridgehead atoms. The monoisotopic (exact) mass is 316 g/mol. The second-order valence-electron chi connectivity index (χ2n) is 3.71. The summed E-state index contributed by atoms with van der Waals surface area (Å²) in [6, 6.07) is 5.54. The first-order valence-corrected chi connectivity index (χ1v) is 6.34. The van der Waals surface area contributed by atoms with E-state index in [-0.39, 0.29) is 0 Å². The Balaban J connectivity index is 2.53. The second-order valence-corrected chi connectivity index (χ2v) is 5.00. The van der Waals surface area contributed by atoms with Crippen molar-refractivity contribution in [3.05, 3.63) is 45.4 Å². The first-order valence-electron chi connectivity index (χ1n) is 5.17. The minimum Gasteiger partial charge on any atom is -0.495 e. The maximum Gasteiger partial charge on any atom is 0.140 e. The van der Waals surface area contributed by atoms with E-state index in [1.807, 2.05) is 18.2 Å². The van der Waals surface area contributed by atoms with E-state index in [0.717, 1.165) is 10.0 Å². The summed E-state index contributed by atoms with van der Waals surface area (Å²) in [6.07, 6.45) is 2.60. The lowest BCUT2D eigenvalue weighted by molar-refractivity contribution is 0.398. The van der Waals surface area contributed by atoms with Crippen molar-refractivity contribution in [1.29, 1.82) is 0 Å². The third-order valence-electron chi connectivity index (χ3n) is 2.63. The summed E-state index contributed by atoms with van der Waals surface area (Å²) in [5.74, 6) is 0.632. The molecule has 0 amide bonds. The van der Waals surface area contributed by atoms with E-state index in [1.54, 1.807) is 19.3 Å². The number of hydrogen-bond acceptors (Lipinski definition) is 1. The van der Waals surface area contributed by atoms with Gasteiger partial charge in [0, 0.05) is 17.0 Å². The van der Waals surface area contributed by atoms with Crippen LogP contribution < -0.4 is 4.74 Å². The first-order chi connectivity index (χ1) is 8.13. The smallest absolute Gasteiger partial charge is 0.140 e. The summed E-state index contributed by atoms with van der Waals surface area (Å²) >= 11 is 9.31. The standard InChI is InChI=1S/C13H11BrClFO/c1-17-13-9(3-2-4-11(13)14)10-7-8(15)5-6-12(10)16/h2-5,7,12H,6H2,1H3. The molecule has 1 aromatic rings. The Morgan fingerprint density at radius 2 is 2.24 bits per heavy atom. The number of methoxy groups -OCH3 is 1. The average molecular weight is 318 g/mol. The first kappa shape index (κ1) is 12.7. The summed E-state index contributed by atoms with van der Waals surface area (Å²) in [6.45, 7) is 0. The number of alkyl halides is 1. The van der Waals surface area contributed by atoms with Gasteiger partial charge in [0.2, 0.25) is 0 Å². The highest BCUT2D eigenvalue weighted by Gasteiger charge is 2.21. The highest BCUT2D eigenvalue weighted by Crippen LogP contribution is 2.38. The van der Waals surface area contributed by atoms with Gasteiger partial charge in [-0.25, -0.2) is 4.39 Å². The molecule has 1 nitrogen and oxygen atoms in total. The van der Waals surface area contributed by atoms with Crippen molar-refractivity contribution in [2.75, 3.05) is 7.11 Å². The quantitative estimate of drug-likeness (QED) is 0.768. The molecule has 0 radical (unpaired) electrons. The molecule has 0 heterocycles. The Kier molecular flexibility index (Phi) is 3.89. The van der Waals surface area contributed by atoms with Gasteiger partial charge in [0.15, 0.2) is 0 Å². The lowest BCUT2D eigenvalue weighted by Crippen LogP contribution is -2.07. The third kappa shape index (κ3) is 2.55. The van der Waals surface area contributed by atoms with Crippen LogP contribution in [0, 0.1) is 0 Å². The fraction of sp³-hybridized carbons (Fsp3) is 0.231. The molecule has 0 saturated carbocycles. The predicted molar refractivity (Wildman–Crippen MR) is 72.1 cm³/mol. The van der Waals surface area contributed by atoms with Gasteiger partial charge < -0.3 is 4.74 Å². The zero-order chi connectivity index (χ0) is 12.4. The molecule has 0 spiro atoms. The van der Waals surface area contributed by atoms with Gasteiger partial charge in [0.05, 0.1) is 11.6 Å². The molecule has 0 saturated heterocycles. The van der Waals surface area contributed by atoms with Gasteiger partial charge in [-0.2, -0.15) is 0 Å². The molecular formula is C13H11BrClFO. The number of para-hydroxylation sites is 1. The van der Waals surface area contributed by atoms with Crippen molar-refractivity contribution in [3.8, 4) is 5.75 Å². The molecule has 4 heteroatoms. The van der Waals surface area contributed by atoms with E-state index in [9.17, 15) is 4.39 Å². The number of halogens is 3. The number of ether oxygens (including phenoxy) is 1. The van der Waals surface area contributed by atoms with Gasteiger partial charge in [-0.05, 0) is 33.6 Å². The van der Waals surface area contributed by atoms with Crippen LogP contribution in [0.1, 0.15) is 12.0 Å². The van der Waals surface area contributed by atoms with E-state index in [2.05, 4.69) is 15.9 Å². The van der Waals surface area contributed by atoms with Gasteiger partial charge in [-0.3, -0.25) is 0 Å². The summed E-state index contributed by atoms with van der Waals surface area (Å²) in [5, 5.41) is 0.566. The summed E-state index contributed by atoms with van der Waals surface area (Å²) in [7, 11) is 1.57. The molecule has 90 valence electrons. The molecule has 1 aliphatic rings. The van der Waals surface area contributed by atoms with Crippen molar-refractivity contribution in [2.45, 2.75) is 12.6 Å². The zero-order valence-electron chi connectivity index (χ0n) is 9.21. The molecule has 17 heavy (non-hydrogen) atoms. The zero-order valence-corrected chi connectivity index (χ0v) is 11.6. The summed E-state index contributed by atoms with van der Waals surface area (Å²) < 4.78 is 20.0. The summed E-state index contributed by atoms with van der Waals surface area (Å²) in [5.41, 5.74) is 1.30. The van der Waals surface area contributed by atoms with Gasteiger partial charge in [-0.1, -0.05) is 29.8 Å². The van der Waals surface area contributed by atoms with Crippen LogP contribution in [-0.2, 0) is 0 Å². The Labute approximate surface area is 113 Å². The predicted octanol–water partition coefficient (Wildman–Crippen LogP) is 4.71. The van der Waals surface area contributed by atoms with Crippen LogP contribution >= 0.6 is 27.5 Å². The van der Waals surface area contributed by atoms with E-state index in [0.29, 0.717) is 22.8 Å². The molecule has 1 aromatic carbocycles. The van der Waals surface area contributed by atoms with Crippen molar-refractivity contribution in [1.82, 2.24) is 0 Å². The Morgan fingerprint density at radius 3 is 2.94 bits per heavy atom. The van der Waals surface area contributed by atoms with E-state index >= 15 is 0 Å². The molecule has 2 rings (SSSR count). The van der Waals surface area contributed by atoms with Crippen LogP contribution in [0.15, 0.2) is 39.9 Å². The normalized spacial score (nSPS) is 19.6. The molecule has 1 unspecified atom stereocenters. The van der Waals surface area contributed by atoms with Gasteiger partial charge in [-0.15, -0.1) is 0 Å². The number of allylic oxidation sites excluding steroid dienone is 4. The molecule has 0 N–H and O–H groups in total. The number of hydrogen-bond donors (Lipinski definition) is 0. The SMILES string of the molecule is COc1c(Br)cccc1C1=CC(Cl)=CCC1F. The van der Waals surface area contributed by atoms with Crippen LogP contribution in [0.2, 0.25) is 0 Å². The largest absolute Gasteiger partial charge is 0.495 e. The van der Waals surface area contributed by atoms with Crippen molar-refractivity contribution < 1.29 is 9.13 Å². The highest BCUT2D eigenvalue weighted by molar-refractivity contribution is 9.10. The molecule has 0 fully saturated rings. The average Bonchev–Trinajstić information content (AvgIpc) is 2.32. The molecule has 1 aliphatic carbocycles. The number of benzene rings is 1. The topological polar surface area (TPSA) is 9.23 Å². The molecule has 0 aliphatic heterocycles. The van der Waals surface area contributed by atoms with Crippen molar-refractivity contribution in [2.24, 2.45) is 0 Å². The Bertz CT molecular complexity index is 496. The lowest BCUT2D eigenvalue weighted by atomic mass is 9.95. The maximum atomic E-state index is 13.9. The minimum atomic E-state index is -1.04. The fourth-order valence-corrected chi connectivity index (χ4v) is 2.57. The van der Waals surface area contributed by atoms with Crippen LogP contribution in [-0.4, -0.2) is 13.3 Å². The molecule has 1 atom stereocenters. The maximum absolute atomic E-state index is 13.9. The summed E-state index contributed by atoms with van der Waals surface area (Å²) in [4.78, 5) is 0. The molecular weight excluding hydrogens is 306 g/mol. The van der Waals surface area contributed by atoms with Crippen LogP contribution in [0.25, 0.3) is 5.57 Å². The van der Waals surface area contributed by atoms with Gasteiger partial charge >= 0.3 is 0 Å². The van der Waals surface area contributed by atoms with Crippen molar-refractivity contribution in [3.63, 3.8) is 0 Å². The lowest BCUT2D eigenvalue weighted by Gasteiger charge is -2.18. The van der Waals surface area contributed by atoms with Crippen LogP contribution in [0.3, 0.4) is 0 Å². The fourth-order valence-electron chi connectivity index (χ4n) is 1.83. The second kappa shape index (κ2) is 5.23. The van der Waals surface area contributed by atoms with Crippen LogP contribution in [0.4, 0.5) is 4.39 Å². The molecule has 0 aromatic heterocycles. The Hall–Kier alpha value is -0.800. The van der Waals surface area contributed by atoms with Crippen molar-refractivity contribution >= 4 is 33.1 Å². The van der Waals surface area contributed by atoms with Gasteiger partial charge in [0.25, 0.3) is 0 Å². The van der Waals surface area contributed by atoms with Crippen LogP contribution in [0.5, 0.6) is 5.75 Å². The van der Waals surface area contributed by atoms with E-state index in [1.165, 1.54) is 0 Å². The van der Waals surface area contributed by atoms with E-state index in [4.69, 9.17) is 16.3 Å². The number of rotatable bonds is 2. The Morgan fingerprint density at radius 1 is 1.47 bits per heavy atom. The van der Waals surface area contributed by atoms with Gasteiger partial charge in [0.1, 0.15) is 11.9 Å². The highest BCUT2D eigenvalue weighted by atomic mass is 79.9. The third-order valence-corrected chi connectivity index (χ3v) is 3.52. The minimum absolute atomic E-state index is 0.306. The van der Waals surface area contributed by atoms with E-state index < -0.39 is 6.17 Å².